The molecule has 0 spiro atoms. The molecule has 0 saturated heterocycles. The number of nitrogens with two attached hydrogens (primary N) is 1. The summed E-state index contributed by atoms with van der Waals surface area (Å²) < 4.78 is 31.6. The molecule has 106 valence electrons. The summed E-state index contributed by atoms with van der Waals surface area (Å²) in [5, 5.41) is 0. The van der Waals surface area contributed by atoms with Crippen molar-refractivity contribution in [3.8, 4) is 5.75 Å². The van der Waals surface area contributed by atoms with E-state index in [0.717, 1.165) is 23.3 Å². The fraction of sp³-hybridized carbons (Fsp3) is 0.250. The summed E-state index contributed by atoms with van der Waals surface area (Å²) in [5.41, 5.74) is 8.47. The number of halogens is 2. The first-order valence-corrected chi connectivity index (χ1v) is 6.40. The quantitative estimate of drug-likeness (QED) is 0.920. The van der Waals surface area contributed by atoms with E-state index in [0.29, 0.717) is 11.3 Å². The monoisotopic (exact) mass is 277 g/mol. The molecule has 0 amide bonds. The predicted octanol–water partition coefficient (Wildman–Crippen LogP) is 3.87. The third-order valence-corrected chi connectivity index (χ3v) is 3.03. The first kappa shape index (κ1) is 14.5. The normalized spacial score (nSPS) is 12.2. The van der Waals surface area contributed by atoms with Crippen molar-refractivity contribution in [2.75, 3.05) is 0 Å². The zero-order valence-electron chi connectivity index (χ0n) is 11.5. The molecular formula is C16H17F2NO. The molecule has 2 nitrogen and oxygen atoms in total. The molecule has 4 heteroatoms. The maximum Gasteiger partial charge on any atom is 0.159 e. The second kappa shape index (κ2) is 6.01. The zero-order chi connectivity index (χ0) is 14.7. The standard InChI is InChI=1S/C16H17F2NO/c1-10-3-6-16(13(7-10)11(2)19)20-9-12-4-5-14(17)15(18)8-12/h3-8,11H,9,19H2,1-2H3/t11-/m1/s1. The molecule has 0 aliphatic carbocycles. The fourth-order valence-electron chi connectivity index (χ4n) is 1.95. The second-order valence-electron chi connectivity index (χ2n) is 4.87. The highest BCUT2D eigenvalue weighted by molar-refractivity contribution is 5.39. The van der Waals surface area contributed by atoms with Crippen molar-refractivity contribution in [1.82, 2.24) is 0 Å². The van der Waals surface area contributed by atoms with E-state index >= 15 is 0 Å². The first-order valence-electron chi connectivity index (χ1n) is 6.40. The topological polar surface area (TPSA) is 35.2 Å². The Morgan fingerprint density at radius 3 is 2.50 bits per heavy atom. The molecule has 0 heterocycles. The maximum atomic E-state index is 13.1. The van der Waals surface area contributed by atoms with Gasteiger partial charge in [-0.05, 0) is 37.6 Å². The summed E-state index contributed by atoms with van der Waals surface area (Å²) >= 11 is 0. The van der Waals surface area contributed by atoms with Crippen LogP contribution >= 0.6 is 0 Å². The van der Waals surface area contributed by atoms with E-state index in [1.807, 2.05) is 32.0 Å². The summed E-state index contributed by atoms with van der Waals surface area (Å²) in [5.74, 6) is -1.07. The van der Waals surface area contributed by atoms with Gasteiger partial charge in [0.2, 0.25) is 0 Å². The van der Waals surface area contributed by atoms with Crippen LogP contribution in [0.5, 0.6) is 5.75 Å². The Bertz CT molecular complexity index is 611. The predicted molar refractivity (Wildman–Crippen MR) is 74.5 cm³/mol. The van der Waals surface area contributed by atoms with Gasteiger partial charge in [0.15, 0.2) is 11.6 Å². The minimum Gasteiger partial charge on any atom is -0.489 e. The molecular weight excluding hydrogens is 260 g/mol. The van der Waals surface area contributed by atoms with Crippen LogP contribution in [-0.4, -0.2) is 0 Å². The number of hydrogen-bond acceptors (Lipinski definition) is 2. The fourth-order valence-corrected chi connectivity index (χ4v) is 1.95. The lowest BCUT2D eigenvalue weighted by Crippen LogP contribution is -2.08. The van der Waals surface area contributed by atoms with E-state index in [-0.39, 0.29) is 12.6 Å². The highest BCUT2D eigenvalue weighted by Crippen LogP contribution is 2.26. The van der Waals surface area contributed by atoms with Gasteiger partial charge < -0.3 is 10.5 Å². The third kappa shape index (κ3) is 3.33. The molecule has 2 aromatic rings. The molecule has 0 bridgehead atoms. The van der Waals surface area contributed by atoms with Gasteiger partial charge in [0.1, 0.15) is 12.4 Å². The van der Waals surface area contributed by atoms with Crippen LogP contribution in [0.1, 0.15) is 29.7 Å². The maximum absolute atomic E-state index is 13.1. The van der Waals surface area contributed by atoms with Crippen LogP contribution in [-0.2, 0) is 6.61 Å². The summed E-state index contributed by atoms with van der Waals surface area (Å²) in [6.45, 7) is 4.02. The Balaban J connectivity index is 2.16. The van der Waals surface area contributed by atoms with Crippen molar-refractivity contribution in [2.45, 2.75) is 26.5 Å². The molecule has 20 heavy (non-hydrogen) atoms. The van der Waals surface area contributed by atoms with E-state index in [4.69, 9.17) is 10.5 Å². The van der Waals surface area contributed by atoms with Gasteiger partial charge in [0.05, 0.1) is 0 Å². The largest absolute Gasteiger partial charge is 0.489 e. The molecule has 2 N–H and O–H groups in total. The summed E-state index contributed by atoms with van der Waals surface area (Å²) in [6.07, 6.45) is 0. The van der Waals surface area contributed by atoms with Gasteiger partial charge in [-0.2, -0.15) is 0 Å². The van der Waals surface area contributed by atoms with Crippen molar-refractivity contribution in [2.24, 2.45) is 5.73 Å². The average Bonchev–Trinajstić information content (AvgIpc) is 2.41. The average molecular weight is 277 g/mol. The van der Waals surface area contributed by atoms with Crippen molar-refractivity contribution in [3.05, 3.63) is 64.7 Å². The van der Waals surface area contributed by atoms with Gasteiger partial charge in [0, 0.05) is 11.6 Å². The van der Waals surface area contributed by atoms with Gasteiger partial charge in [-0.25, -0.2) is 8.78 Å². The summed E-state index contributed by atoms with van der Waals surface area (Å²) in [7, 11) is 0. The van der Waals surface area contributed by atoms with E-state index in [1.165, 1.54) is 6.07 Å². The Morgan fingerprint density at radius 2 is 1.85 bits per heavy atom. The number of hydrogen-bond donors (Lipinski definition) is 1. The van der Waals surface area contributed by atoms with Crippen molar-refractivity contribution in [3.63, 3.8) is 0 Å². The van der Waals surface area contributed by atoms with Crippen LogP contribution < -0.4 is 10.5 Å². The van der Waals surface area contributed by atoms with E-state index in [9.17, 15) is 8.78 Å². The molecule has 0 aromatic heterocycles. The Morgan fingerprint density at radius 1 is 1.10 bits per heavy atom. The van der Waals surface area contributed by atoms with E-state index in [1.54, 1.807) is 0 Å². The molecule has 2 aromatic carbocycles. The second-order valence-corrected chi connectivity index (χ2v) is 4.87. The third-order valence-electron chi connectivity index (χ3n) is 3.03. The lowest BCUT2D eigenvalue weighted by molar-refractivity contribution is 0.300. The van der Waals surface area contributed by atoms with E-state index < -0.39 is 11.6 Å². The van der Waals surface area contributed by atoms with Crippen LogP contribution in [0.4, 0.5) is 8.78 Å². The lowest BCUT2D eigenvalue weighted by atomic mass is 10.1. The summed E-state index contributed by atoms with van der Waals surface area (Å²) in [6, 6.07) is 9.30. The van der Waals surface area contributed by atoms with Crippen molar-refractivity contribution < 1.29 is 13.5 Å². The van der Waals surface area contributed by atoms with Crippen LogP contribution in [0.25, 0.3) is 0 Å². The number of aryl methyl sites for hydroxylation is 1. The number of benzene rings is 2. The minimum absolute atomic E-state index is 0.158. The Hall–Kier alpha value is -1.94. The highest BCUT2D eigenvalue weighted by Gasteiger charge is 2.09. The summed E-state index contributed by atoms with van der Waals surface area (Å²) in [4.78, 5) is 0. The molecule has 0 saturated carbocycles. The van der Waals surface area contributed by atoms with Gasteiger partial charge in [-0.1, -0.05) is 23.8 Å². The number of rotatable bonds is 4. The molecule has 0 radical (unpaired) electrons. The van der Waals surface area contributed by atoms with Crippen molar-refractivity contribution >= 4 is 0 Å². The number of ether oxygens (including phenoxy) is 1. The molecule has 0 aliphatic rings. The molecule has 2 rings (SSSR count). The van der Waals surface area contributed by atoms with Crippen LogP contribution in [0.2, 0.25) is 0 Å². The minimum atomic E-state index is -0.873. The smallest absolute Gasteiger partial charge is 0.159 e. The Labute approximate surface area is 117 Å². The van der Waals surface area contributed by atoms with E-state index in [2.05, 4.69) is 0 Å². The van der Waals surface area contributed by atoms with Crippen LogP contribution in [0.3, 0.4) is 0 Å². The molecule has 0 unspecified atom stereocenters. The zero-order valence-corrected chi connectivity index (χ0v) is 11.5. The lowest BCUT2D eigenvalue weighted by Gasteiger charge is -2.15. The van der Waals surface area contributed by atoms with Gasteiger partial charge in [0.25, 0.3) is 0 Å². The van der Waals surface area contributed by atoms with Crippen LogP contribution in [0.15, 0.2) is 36.4 Å². The van der Waals surface area contributed by atoms with Crippen LogP contribution in [0, 0.1) is 18.6 Å². The van der Waals surface area contributed by atoms with Gasteiger partial charge >= 0.3 is 0 Å². The van der Waals surface area contributed by atoms with Gasteiger partial charge in [-0.3, -0.25) is 0 Å². The van der Waals surface area contributed by atoms with Crippen molar-refractivity contribution in [1.29, 1.82) is 0 Å². The highest BCUT2D eigenvalue weighted by atomic mass is 19.2. The molecule has 1 atom stereocenters. The molecule has 0 aliphatic heterocycles. The van der Waals surface area contributed by atoms with Gasteiger partial charge in [-0.15, -0.1) is 0 Å². The SMILES string of the molecule is Cc1ccc(OCc2ccc(F)c(F)c2)c([C@@H](C)N)c1. The first-order chi connectivity index (χ1) is 9.47. The Kier molecular flexibility index (Phi) is 4.35. The molecule has 0 fully saturated rings.